The molecule has 36 heavy (non-hydrogen) atoms. The van der Waals surface area contributed by atoms with Crippen LogP contribution < -0.4 is 10.1 Å². The number of ether oxygens (including phenoxy) is 1. The van der Waals surface area contributed by atoms with Crippen molar-refractivity contribution in [2.75, 3.05) is 11.9 Å². The predicted octanol–water partition coefficient (Wildman–Crippen LogP) is 4.25. The summed E-state index contributed by atoms with van der Waals surface area (Å²) in [5, 5.41) is 29.4. The Morgan fingerprint density at radius 1 is 1.25 bits per heavy atom. The highest BCUT2D eigenvalue weighted by molar-refractivity contribution is 5.97. The van der Waals surface area contributed by atoms with Gasteiger partial charge in [-0.1, -0.05) is 13.0 Å². The van der Waals surface area contributed by atoms with Gasteiger partial charge in [-0.25, -0.2) is 0 Å². The fourth-order valence-electron chi connectivity index (χ4n) is 5.54. The monoisotopic (exact) mass is 486 g/mol. The van der Waals surface area contributed by atoms with Gasteiger partial charge in [-0.3, -0.25) is 9.59 Å². The minimum atomic E-state index is -0.865. The molecule has 1 amide bonds. The third kappa shape index (κ3) is 4.09. The molecule has 0 saturated heterocycles. The summed E-state index contributed by atoms with van der Waals surface area (Å²) in [7, 11) is 0. The second kappa shape index (κ2) is 9.11. The van der Waals surface area contributed by atoms with Crippen LogP contribution in [0.2, 0.25) is 0 Å². The van der Waals surface area contributed by atoms with Gasteiger partial charge < -0.3 is 19.6 Å². The van der Waals surface area contributed by atoms with Crippen LogP contribution in [0, 0.1) is 30.1 Å². The molecular weight excluding hydrogens is 460 g/mol. The molecule has 0 bridgehead atoms. The molecule has 3 atom stereocenters. The molecule has 1 aliphatic heterocycles. The van der Waals surface area contributed by atoms with Gasteiger partial charge in [0.15, 0.2) is 0 Å². The first-order valence-corrected chi connectivity index (χ1v) is 12.0. The fraction of sp³-hybridized carbons (Fsp3) is 0.370. The summed E-state index contributed by atoms with van der Waals surface area (Å²) in [5.74, 6) is 0.463. The van der Waals surface area contributed by atoms with Gasteiger partial charge in [-0.2, -0.15) is 5.26 Å². The number of carbonyl (C=O) groups is 2. The molecular formula is C27H26N4O5. The number of nitrogens with zero attached hydrogens (tertiary/aromatic N) is 3. The van der Waals surface area contributed by atoms with Crippen LogP contribution in [0.3, 0.4) is 0 Å². The molecule has 2 aliphatic rings. The Morgan fingerprint density at radius 3 is 2.81 bits per heavy atom. The summed E-state index contributed by atoms with van der Waals surface area (Å²) in [6.45, 7) is 4.33. The number of carboxylic acid groups (broad SMARTS) is 1. The van der Waals surface area contributed by atoms with Gasteiger partial charge >= 0.3 is 5.97 Å². The molecule has 1 saturated carbocycles. The van der Waals surface area contributed by atoms with Crippen molar-refractivity contribution in [1.29, 1.82) is 5.26 Å². The first-order valence-electron chi connectivity index (χ1n) is 12.0. The number of aliphatic carboxylic acids is 1. The van der Waals surface area contributed by atoms with Crippen molar-refractivity contribution in [3.63, 3.8) is 0 Å². The molecule has 1 spiro atoms. The Kier molecular flexibility index (Phi) is 5.96. The van der Waals surface area contributed by atoms with Crippen LogP contribution in [0.25, 0.3) is 11.5 Å². The SMILES string of the molecule is Cc1nnc(-c2ccc3c(c2)[C@]2(CCO3)C(C)C2C(=O)Nc2cc(C#N)ccc2CCCC(=O)O)o1. The number of carbonyl (C=O) groups excluding carboxylic acids is 1. The fourth-order valence-corrected chi connectivity index (χ4v) is 5.54. The first-order chi connectivity index (χ1) is 17.3. The maximum Gasteiger partial charge on any atom is 0.303 e. The molecule has 0 radical (unpaired) electrons. The van der Waals surface area contributed by atoms with E-state index in [4.69, 9.17) is 14.3 Å². The van der Waals surface area contributed by atoms with Crippen LogP contribution >= 0.6 is 0 Å². The van der Waals surface area contributed by atoms with E-state index >= 15 is 0 Å². The van der Waals surface area contributed by atoms with E-state index in [1.165, 1.54) is 0 Å². The molecule has 184 valence electrons. The van der Waals surface area contributed by atoms with Gasteiger partial charge in [0.05, 0.1) is 24.2 Å². The van der Waals surface area contributed by atoms with Crippen molar-refractivity contribution in [3.05, 3.63) is 59.0 Å². The zero-order chi connectivity index (χ0) is 25.4. The van der Waals surface area contributed by atoms with E-state index in [9.17, 15) is 14.9 Å². The lowest BCUT2D eigenvalue weighted by Gasteiger charge is -2.28. The van der Waals surface area contributed by atoms with E-state index in [2.05, 4.69) is 28.5 Å². The lowest BCUT2D eigenvalue weighted by molar-refractivity contribution is -0.137. The summed E-state index contributed by atoms with van der Waals surface area (Å²) in [6.07, 6.45) is 1.67. The third-order valence-corrected chi connectivity index (χ3v) is 7.40. The van der Waals surface area contributed by atoms with Gasteiger partial charge in [-0.05, 0) is 61.1 Å². The standard InChI is InChI=1S/C27H26N4O5/c1-15-24(25(34)29-21-12-17(14-28)6-7-18(21)4-3-5-23(32)33)27(15)10-11-35-22-9-8-19(13-20(22)27)26-31-30-16(2)36-26/h6-9,12-13,15,24H,3-5,10-11H2,1-2H3,(H,29,34)(H,32,33)/t15?,24?,27-/m0/s1. The lowest BCUT2D eigenvalue weighted by atomic mass is 9.85. The van der Waals surface area contributed by atoms with E-state index in [0.29, 0.717) is 48.9 Å². The molecule has 5 rings (SSSR count). The Bertz CT molecular complexity index is 1390. The number of nitriles is 1. The Balaban J connectivity index is 1.42. The van der Waals surface area contributed by atoms with E-state index in [1.807, 2.05) is 18.2 Å². The van der Waals surface area contributed by atoms with Crippen LogP contribution in [0.5, 0.6) is 5.75 Å². The minimum Gasteiger partial charge on any atom is -0.493 e. The number of hydrogen-bond acceptors (Lipinski definition) is 7. The zero-order valence-electron chi connectivity index (χ0n) is 20.1. The van der Waals surface area contributed by atoms with Crippen molar-refractivity contribution >= 4 is 17.6 Å². The summed E-state index contributed by atoms with van der Waals surface area (Å²) in [6, 6.07) is 13.0. The van der Waals surface area contributed by atoms with Crippen LogP contribution in [-0.2, 0) is 21.4 Å². The number of fused-ring (bicyclic) bond motifs is 2. The average Bonchev–Trinajstić information content (AvgIpc) is 3.18. The normalized spacial score (nSPS) is 21.8. The summed E-state index contributed by atoms with van der Waals surface area (Å²) >= 11 is 0. The van der Waals surface area contributed by atoms with Gasteiger partial charge in [-0.15, -0.1) is 10.2 Å². The van der Waals surface area contributed by atoms with Gasteiger partial charge in [0, 0.05) is 35.6 Å². The summed E-state index contributed by atoms with van der Waals surface area (Å²) < 4.78 is 11.5. The highest BCUT2D eigenvalue weighted by atomic mass is 16.5. The number of amides is 1. The average molecular weight is 487 g/mol. The van der Waals surface area contributed by atoms with Crippen LogP contribution in [0.1, 0.15) is 48.8 Å². The highest BCUT2D eigenvalue weighted by Gasteiger charge is 2.67. The van der Waals surface area contributed by atoms with E-state index in [0.717, 1.165) is 22.4 Å². The molecule has 2 unspecified atom stereocenters. The van der Waals surface area contributed by atoms with Crippen molar-refractivity contribution in [2.24, 2.45) is 11.8 Å². The Morgan fingerprint density at radius 2 is 2.08 bits per heavy atom. The summed E-state index contributed by atoms with van der Waals surface area (Å²) in [5.41, 5.74) is 3.16. The maximum absolute atomic E-state index is 13.6. The van der Waals surface area contributed by atoms with Crippen molar-refractivity contribution in [3.8, 4) is 23.3 Å². The van der Waals surface area contributed by atoms with Gasteiger partial charge in [0.1, 0.15) is 5.75 Å². The largest absolute Gasteiger partial charge is 0.493 e. The van der Waals surface area contributed by atoms with Crippen LogP contribution in [0.15, 0.2) is 40.8 Å². The smallest absolute Gasteiger partial charge is 0.303 e. The molecule has 3 aromatic rings. The molecule has 1 fully saturated rings. The lowest BCUT2D eigenvalue weighted by Crippen LogP contribution is -2.27. The highest BCUT2D eigenvalue weighted by Crippen LogP contribution is 2.65. The second-order valence-corrected chi connectivity index (χ2v) is 9.46. The quantitative estimate of drug-likeness (QED) is 0.505. The molecule has 9 nitrogen and oxygen atoms in total. The topological polar surface area (TPSA) is 138 Å². The number of aromatic nitrogens is 2. The molecule has 9 heteroatoms. The minimum absolute atomic E-state index is 0.0366. The number of hydrogen-bond donors (Lipinski definition) is 2. The maximum atomic E-state index is 13.6. The molecule has 1 aliphatic carbocycles. The number of nitrogens with one attached hydrogen (secondary N) is 1. The van der Waals surface area contributed by atoms with Crippen LogP contribution in [0.4, 0.5) is 5.69 Å². The molecule has 2 N–H and O–H groups in total. The van der Waals surface area contributed by atoms with E-state index in [-0.39, 0.29) is 29.6 Å². The van der Waals surface area contributed by atoms with E-state index < -0.39 is 5.97 Å². The van der Waals surface area contributed by atoms with Crippen molar-refractivity contribution in [1.82, 2.24) is 10.2 Å². The third-order valence-electron chi connectivity index (χ3n) is 7.40. The molecule has 2 heterocycles. The number of rotatable bonds is 7. The number of benzene rings is 2. The Hall–Kier alpha value is -4.19. The predicted molar refractivity (Wildman–Crippen MR) is 129 cm³/mol. The number of carboxylic acids is 1. The number of anilines is 1. The number of aryl methyl sites for hydroxylation is 2. The van der Waals surface area contributed by atoms with E-state index in [1.54, 1.807) is 25.1 Å². The zero-order valence-corrected chi connectivity index (χ0v) is 20.1. The molecule has 2 aromatic carbocycles. The second-order valence-electron chi connectivity index (χ2n) is 9.46. The summed E-state index contributed by atoms with van der Waals surface area (Å²) in [4.78, 5) is 24.5. The first kappa shape index (κ1) is 23.5. The van der Waals surface area contributed by atoms with Crippen molar-refractivity contribution in [2.45, 2.75) is 44.9 Å². The van der Waals surface area contributed by atoms with Crippen LogP contribution in [-0.4, -0.2) is 33.8 Å². The van der Waals surface area contributed by atoms with Crippen molar-refractivity contribution < 1.29 is 23.8 Å². The van der Waals surface area contributed by atoms with Gasteiger partial charge in [0.25, 0.3) is 0 Å². The molecule has 1 aromatic heterocycles. The Labute approximate surface area is 208 Å². The van der Waals surface area contributed by atoms with Gasteiger partial charge in [0.2, 0.25) is 17.7 Å².